The molecule has 25 heavy (non-hydrogen) atoms. The second kappa shape index (κ2) is 7.09. The second-order valence-corrected chi connectivity index (χ2v) is 6.98. The van der Waals surface area contributed by atoms with Crippen LogP contribution in [-0.4, -0.2) is 34.4 Å². The molecule has 0 unspecified atom stereocenters. The summed E-state index contributed by atoms with van der Waals surface area (Å²) >= 11 is 1.47. The van der Waals surface area contributed by atoms with Gasteiger partial charge in [0, 0.05) is 18.2 Å². The monoisotopic (exact) mass is 370 g/mol. The van der Waals surface area contributed by atoms with Crippen molar-refractivity contribution >= 4 is 17.7 Å². The van der Waals surface area contributed by atoms with Gasteiger partial charge >= 0.3 is 6.18 Å². The number of aromatic amines is 1. The summed E-state index contributed by atoms with van der Waals surface area (Å²) in [5.41, 5.74) is 5.72. The molecule has 0 saturated carbocycles. The Hall–Kier alpha value is -2.00. The number of rotatable bonds is 3. The molecule has 3 rings (SSSR count). The van der Waals surface area contributed by atoms with Crippen molar-refractivity contribution in [3.05, 3.63) is 41.7 Å². The number of hydrogen-bond acceptors (Lipinski definition) is 4. The molecule has 9 heteroatoms. The Morgan fingerprint density at radius 3 is 2.88 bits per heavy atom. The van der Waals surface area contributed by atoms with Crippen LogP contribution in [0.4, 0.5) is 13.2 Å². The Bertz CT molecular complexity index is 762. The first-order valence-electron chi connectivity index (χ1n) is 7.73. The number of hydrogen-bond donors (Lipinski definition) is 3. The van der Waals surface area contributed by atoms with E-state index in [1.165, 1.54) is 11.8 Å². The number of aromatic nitrogens is 2. The van der Waals surface area contributed by atoms with E-state index < -0.39 is 17.1 Å². The third-order valence-electron chi connectivity index (χ3n) is 4.04. The Balaban J connectivity index is 1.92. The van der Waals surface area contributed by atoms with Gasteiger partial charge in [-0.2, -0.15) is 18.3 Å². The van der Waals surface area contributed by atoms with Crippen LogP contribution in [0.15, 0.2) is 30.5 Å². The number of carbonyl (C=O) groups excluding carboxylic acids is 1. The molecule has 4 N–H and O–H groups in total. The van der Waals surface area contributed by atoms with Crippen molar-refractivity contribution in [2.24, 2.45) is 5.73 Å². The minimum Gasteiger partial charge on any atom is -0.351 e. The standard InChI is InChI=1S/C16H17F3N4OS/c17-16(18,19)14-12(8-21-23-14)9-2-1-3-10(6-9)13-15(24)22-11(7-20)4-5-25-13/h1-3,6,8,11,13H,4-5,7,20H2,(H,21,23)(H,22,24)/t11-,13+/m0/s1. The summed E-state index contributed by atoms with van der Waals surface area (Å²) in [6, 6.07) is 6.51. The zero-order valence-electron chi connectivity index (χ0n) is 13.1. The van der Waals surface area contributed by atoms with Gasteiger partial charge in [0.05, 0.1) is 6.20 Å². The average Bonchev–Trinajstić information content (AvgIpc) is 3.00. The molecule has 2 aromatic rings. The zero-order valence-corrected chi connectivity index (χ0v) is 14.0. The van der Waals surface area contributed by atoms with Gasteiger partial charge in [0.15, 0.2) is 0 Å². The normalized spacial score (nSPS) is 21.7. The van der Waals surface area contributed by atoms with Gasteiger partial charge in [-0.1, -0.05) is 18.2 Å². The lowest BCUT2D eigenvalue weighted by atomic mass is 10.0. The van der Waals surface area contributed by atoms with E-state index in [9.17, 15) is 18.0 Å². The molecule has 1 aromatic carbocycles. The van der Waals surface area contributed by atoms with Gasteiger partial charge in [-0.25, -0.2) is 0 Å². The van der Waals surface area contributed by atoms with E-state index >= 15 is 0 Å². The maximum atomic E-state index is 13.1. The van der Waals surface area contributed by atoms with Gasteiger partial charge in [-0.15, -0.1) is 11.8 Å². The smallest absolute Gasteiger partial charge is 0.351 e. The van der Waals surface area contributed by atoms with Crippen LogP contribution >= 0.6 is 11.8 Å². The number of benzene rings is 1. The number of nitrogens with two attached hydrogens (primary N) is 1. The molecule has 1 aliphatic heterocycles. The van der Waals surface area contributed by atoms with Crippen molar-refractivity contribution in [3.8, 4) is 11.1 Å². The molecule has 2 atom stereocenters. The highest BCUT2D eigenvalue weighted by Crippen LogP contribution is 2.38. The van der Waals surface area contributed by atoms with Crippen LogP contribution in [0.3, 0.4) is 0 Å². The van der Waals surface area contributed by atoms with Crippen LogP contribution in [0.25, 0.3) is 11.1 Å². The Morgan fingerprint density at radius 2 is 2.16 bits per heavy atom. The van der Waals surface area contributed by atoms with Gasteiger partial charge < -0.3 is 11.1 Å². The largest absolute Gasteiger partial charge is 0.433 e. The SMILES string of the molecule is NC[C@@H]1CCS[C@H](c2cccc(-c3cn[nH]c3C(F)(F)F)c2)C(=O)N1. The Labute approximate surface area is 146 Å². The number of amides is 1. The summed E-state index contributed by atoms with van der Waals surface area (Å²) in [6.45, 7) is 0.364. The molecule has 1 fully saturated rings. The molecule has 0 spiro atoms. The highest BCUT2D eigenvalue weighted by Gasteiger charge is 2.36. The van der Waals surface area contributed by atoms with E-state index in [4.69, 9.17) is 5.73 Å². The number of halogens is 3. The summed E-state index contributed by atoms with van der Waals surface area (Å²) in [5, 5.41) is 7.93. The van der Waals surface area contributed by atoms with Crippen LogP contribution in [0.5, 0.6) is 0 Å². The molecule has 134 valence electrons. The first-order valence-corrected chi connectivity index (χ1v) is 8.78. The quantitative estimate of drug-likeness (QED) is 0.776. The predicted molar refractivity (Wildman–Crippen MR) is 89.8 cm³/mol. The number of nitrogens with zero attached hydrogens (tertiary/aromatic N) is 1. The van der Waals surface area contributed by atoms with E-state index in [2.05, 4.69) is 10.4 Å². The van der Waals surface area contributed by atoms with E-state index in [0.29, 0.717) is 17.7 Å². The number of H-pyrrole nitrogens is 1. The molecule has 2 heterocycles. The Morgan fingerprint density at radius 1 is 1.36 bits per heavy atom. The summed E-state index contributed by atoms with van der Waals surface area (Å²) < 4.78 is 39.2. The van der Waals surface area contributed by atoms with Crippen LogP contribution in [0.1, 0.15) is 22.9 Å². The van der Waals surface area contributed by atoms with Gasteiger partial charge in [0.2, 0.25) is 5.91 Å². The molecule has 1 amide bonds. The maximum absolute atomic E-state index is 13.1. The highest BCUT2D eigenvalue weighted by atomic mass is 32.2. The first kappa shape index (κ1) is 17.8. The molecular weight excluding hydrogens is 353 g/mol. The van der Waals surface area contributed by atoms with Crippen molar-refractivity contribution in [3.63, 3.8) is 0 Å². The van der Waals surface area contributed by atoms with Crippen LogP contribution < -0.4 is 11.1 Å². The summed E-state index contributed by atoms with van der Waals surface area (Å²) in [5.74, 6) is 0.577. The van der Waals surface area contributed by atoms with E-state index in [-0.39, 0.29) is 17.5 Å². The fraction of sp³-hybridized carbons (Fsp3) is 0.375. The Kier molecular flexibility index (Phi) is 5.05. The molecule has 1 aromatic heterocycles. The lowest BCUT2D eigenvalue weighted by Crippen LogP contribution is -2.40. The number of alkyl halides is 3. The summed E-state index contributed by atoms with van der Waals surface area (Å²) in [6.07, 6.45) is -2.61. The van der Waals surface area contributed by atoms with E-state index in [0.717, 1.165) is 18.4 Å². The number of thioether (sulfide) groups is 1. The molecule has 0 radical (unpaired) electrons. The average molecular weight is 370 g/mol. The van der Waals surface area contributed by atoms with Gasteiger partial charge in [-0.05, 0) is 29.4 Å². The minimum atomic E-state index is -4.52. The summed E-state index contributed by atoms with van der Waals surface area (Å²) in [4.78, 5) is 12.4. The topological polar surface area (TPSA) is 83.8 Å². The fourth-order valence-electron chi connectivity index (χ4n) is 2.77. The van der Waals surface area contributed by atoms with Crippen LogP contribution in [0.2, 0.25) is 0 Å². The van der Waals surface area contributed by atoms with E-state index in [1.807, 2.05) is 5.10 Å². The molecular formula is C16H17F3N4OS. The highest BCUT2D eigenvalue weighted by molar-refractivity contribution is 8.00. The van der Waals surface area contributed by atoms with Crippen molar-refractivity contribution in [2.75, 3.05) is 12.3 Å². The first-order chi connectivity index (χ1) is 11.9. The molecule has 0 aliphatic carbocycles. The number of carbonyl (C=O) groups is 1. The fourth-order valence-corrected chi connectivity index (χ4v) is 3.98. The maximum Gasteiger partial charge on any atom is 0.433 e. The van der Waals surface area contributed by atoms with Crippen LogP contribution in [0, 0.1) is 0 Å². The van der Waals surface area contributed by atoms with Crippen molar-refractivity contribution in [1.29, 1.82) is 0 Å². The number of nitrogens with one attached hydrogen (secondary N) is 2. The zero-order chi connectivity index (χ0) is 18.0. The molecule has 0 bridgehead atoms. The van der Waals surface area contributed by atoms with Crippen molar-refractivity contribution in [1.82, 2.24) is 15.5 Å². The minimum absolute atomic E-state index is 0.0341. The van der Waals surface area contributed by atoms with Gasteiger partial charge in [0.1, 0.15) is 10.9 Å². The summed E-state index contributed by atoms with van der Waals surface area (Å²) in [7, 11) is 0. The lowest BCUT2D eigenvalue weighted by Gasteiger charge is -2.16. The third kappa shape index (κ3) is 3.82. The lowest BCUT2D eigenvalue weighted by molar-refractivity contribution is -0.140. The molecule has 1 aliphatic rings. The van der Waals surface area contributed by atoms with Crippen molar-refractivity contribution in [2.45, 2.75) is 23.9 Å². The van der Waals surface area contributed by atoms with Crippen molar-refractivity contribution < 1.29 is 18.0 Å². The van der Waals surface area contributed by atoms with E-state index in [1.54, 1.807) is 24.3 Å². The molecule has 1 saturated heterocycles. The third-order valence-corrected chi connectivity index (χ3v) is 5.33. The van der Waals surface area contributed by atoms with Crippen LogP contribution in [-0.2, 0) is 11.0 Å². The van der Waals surface area contributed by atoms with Gasteiger partial charge in [0.25, 0.3) is 0 Å². The molecule has 5 nitrogen and oxygen atoms in total. The van der Waals surface area contributed by atoms with Gasteiger partial charge in [-0.3, -0.25) is 9.89 Å². The predicted octanol–water partition coefficient (Wildman–Crippen LogP) is 2.72. The second-order valence-electron chi connectivity index (χ2n) is 5.76.